The lowest BCUT2D eigenvalue weighted by Crippen LogP contribution is -2.06. The van der Waals surface area contributed by atoms with Gasteiger partial charge in [0, 0.05) is 13.3 Å². The van der Waals surface area contributed by atoms with Crippen LogP contribution in [0.25, 0.3) is 0 Å². The van der Waals surface area contributed by atoms with Crippen molar-refractivity contribution in [1.82, 2.24) is 9.78 Å². The largest absolute Gasteiger partial charge is 0.383 e. The van der Waals surface area contributed by atoms with Crippen LogP contribution in [0.1, 0.15) is 0 Å². The Labute approximate surface area is 116 Å². The Morgan fingerprint density at radius 3 is 2.19 bits per heavy atom. The second-order valence-electron chi connectivity index (χ2n) is 4.05. The summed E-state index contributed by atoms with van der Waals surface area (Å²) in [6, 6.07) is 0. The summed E-state index contributed by atoms with van der Waals surface area (Å²) in [6.45, 7) is 0.721. The summed E-state index contributed by atoms with van der Waals surface area (Å²) in [7, 11) is 1.48. The van der Waals surface area contributed by atoms with E-state index in [0.717, 1.165) is 0 Å². The fraction of sp³-hybridized carbons (Fsp3) is 0.250. The lowest BCUT2D eigenvalue weighted by atomic mass is 10.2. The van der Waals surface area contributed by atoms with E-state index in [9.17, 15) is 22.0 Å². The summed E-state index contributed by atoms with van der Waals surface area (Å²) < 4.78 is 72.1. The van der Waals surface area contributed by atoms with Crippen LogP contribution in [0.5, 0.6) is 0 Å². The highest BCUT2D eigenvalue weighted by atomic mass is 19.2. The SMILES string of the molecule is COCCn1cc(Nc2c(F)c(F)c(F)c(F)c2F)cn1. The van der Waals surface area contributed by atoms with Gasteiger partial charge in [-0.05, 0) is 0 Å². The molecule has 0 radical (unpaired) electrons. The number of nitrogens with one attached hydrogen (secondary N) is 1. The number of benzene rings is 1. The standard InChI is InChI=1S/C12H10F5N3O/c1-21-3-2-20-5-6(4-18-20)19-12-10(16)8(14)7(13)9(15)11(12)17/h4-5,19H,2-3H2,1H3. The van der Waals surface area contributed by atoms with Gasteiger partial charge in [0.15, 0.2) is 23.3 Å². The normalized spacial score (nSPS) is 11.0. The van der Waals surface area contributed by atoms with Crippen LogP contribution >= 0.6 is 0 Å². The Morgan fingerprint density at radius 1 is 1.05 bits per heavy atom. The minimum Gasteiger partial charge on any atom is -0.383 e. The maximum absolute atomic E-state index is 13.5. The van der Waals surface area contributed by atoms with Crippen LogP contribution in [0.4, 0.5) is 33.3 Å². The second kappa shape index (κ2) is 6.08. The van der Waals surface area contributed by atoms with Gasteiger partial charge in [0.1, 0.15) is 5.69 Å². The lowest BCUT2D eigenvalue weighted by molar-refractivity contribution is 0.183. The van der Waals surface area contributed by atoms with Crippen LogP contribution in [0, 0.1) is 29.1 Å². The monoisotopic (exact) mass is 307 g/mol. The summed E-state index contributed by atoms with van der Waals surface area (Å²) in [5, 5.41) is 5.96. The lowest BCUT2D eigenvalue weighted by Gasteiger charge is -2.09. The Balaban J connectivity index is 2.29. The van der Waals surface area contributed by atoms with Gasteiger partial charge in [-0.15, -0.1) is 0 Å². The zero-order chi connectivity index (χ0) is 15.6. The van der Waals surface area contributed by atoms with Crippen molar-refractivity contribution in [2.24, 2.45) is 0 Å². The first-order valence-corrected chi connectivity index (χ1v) is 5.75. The minimum absolute atomic E-state index is 0.0781. The van der Waals surface area contributed by atoms with Crippen molar-refractivity contribution in [3.63, 3.8) is 0 Å². The Bertz CT molecular complexity index is 630. The van der Waals surface area contributed by atoms with Gasteiger partial charge >= 0.3 is 0 Å². The van der Waals surface area contributed by atoms with Crippen molar-refractivity contribution in [3.05, 3.63) is 41.5 Å². The van der Waals surface area contributed by atoms with Gasteiger partial charge in [-0.3, -0.25) is 4.68 Å². The number of halogens is 5. The number of hydrogen-bond acceptors (Lipinski definition) is 3. The summed E-state index contributed by atoms with van der Waals surface area (Å²) in [4.78, 5) is 0. The molecule has 2 aromatic rings. The van der Waals surface area contributed by atoms with Gasteiger partial charge < -0.3 is 10.1 Å². The smallest absolute Gasteiger partial charge is 0.200 e. The van der Waals surface area contributed by atoms with Gasteiger partial charge in [0.2, 0.25) is 5.82 Å². The molecule has 0 saturated carbocycles. The van der Waals surface area contributed by atoms with Gasteiger partial charge in [-0.1, -0.05) is 0 Å². The van der Waals surface area contributed by atoms with E-state index in [4.69, 9.17) is 4.74 Å². The minimum atomic E-state index is -2.20. The van der Waals surface area contributed by atoms with E-state index in [1.54, 1.807) is 0 Å². The van der Waals surface area contributed by atoms with E-state index < -0.39 is 34.8 Å². The molecule has 1 aromatic heterocycles. The third kappa shape index (κ3) is 2.97. The molecular formula is C12H10F5N3O. The molecule has 21 heavy (non-hydrogen) atoms. The molecule has 0 bridgehead atoms. The quantitative estimate of drug-likeness (QED) is 0.524. The number of nitrogens with zero attached hydrogens (tertiary/aromatic N) is 2. The molecule has 0 saturated heterocycles. The van der Waals surface area contributed by atoms with Crippen molar-refractivity contribution in [3.8, 4) is 0 Å². The average molecular weight is 307 g/mol. The van der Waals surface area contributed by atoms with E-state index in [0.29, 0.717) is 13.2 Å². The summed E-state index contributed by atoms with van der Waals surface area (Å²) in [5.41, 5.74) is -1.05. The van der Waals surface area contributed by atoms with Crippen molar-refractivity contribution in [2.75, 3.05) is 19.0 Å². The average Bonchev–Trinajstić information content (AvgIpc) is 2.93. The summed E-state index contributed by atoms with van der Waals surface area (Å²) in [5.74, 6) is -10.1. The van der Waals surface area contributed by atoms with Crippen LogP contribution < -0.4 is 5.32 Å². The van der Waals surface area contributed by atoms with E-state index in [1.165, 1.54) is 24.2 Å². The molecule has 114 valence electrons. The first kappa shape index (κ1) is 15.2. The number of ether oxygens (including phenoxy) is 1. The molecule has 4 nitrogen and oxygen atoms in total. The van der Waals surface area contributed by atoms with E-state index in [2.05, 4.69) is 10.4 Å². The predicted molar refractivity (Wildman–Crippen MR) is 63.6 cm³/mol. The summed E-state index contributed by atoms with van der Waals surface area (Å²) in [6.07, 6.45) is 2.53. The highest BCUT2D eigenvalue weighted by Crippen LogP contribution is 2.29. The molecule has 1 aromatic carbocycles. The molecule has 0 aliphatic rings. The van der Waals surface area contributed by atoms with E-state index in [-0.39, 0.29) is 5.69 Å². The number of anilines is 2. The first-order chi connectivity index (χ1) is 9.95. The Morgan fingerprint density at radius 2 is 1.62 bits per heavy atom. The molecule has 0 atom stereocenters. The number of rotatable bonds is 5. The molecule has 0 spiro atoms. The van der Waals surface area contributed by atoms with E-state index >= 15 is 0 Å². The Hall–Kier alpha value is -2.16. The van der Waals surface area contributed by atoms with Crippen molar-refractivity contribution >= 4 is 11.4 Å². The van der Waals surface area contributed by atoms with Crippen LogP contribution in [-0.2, 0) is 11.3 Å². The molecule has 9 heteroatoms. The van der Waals surface area contributed by atoms with Gasteiger partial charge in [0.05, 0.1) is 25.0 Å². The Kier molecular flexibility index (Phi) is 4.41. The van der Waals surface area contributed by atoms with Crippen LogP contribution in [0.15, 0.2) is 12.4 Å². The number of hydrogen-bond donors (Lipinski definition) is 1. The zero-order valence-electron chi connectivity index (χ0n) is 10.8. The maximum Gasteiger partial charge on any atom is 0.200 e. The van der Waals surface area contributed by atoms with E-state index in [1.807, 2.05) is 0 Å². The predicted octanol–water partition coefficient (Wildman–Crippen LogP) is 2.97. The second-order valence-corrected chi connectivity index (χ2v) is 4.05. The molecule has 0 aliphatic heterocycles. The van der Waals surface area contributed by atoms with Crippen molar-refractivity contribution in [1.29, 1.82) is 0 Å². The van der Waals surface area contributed by atoms with Crippen molar-refractivity contribution < 1.29 is 26.7 Å². The highest BCUT2D eigenvalue weighted by Gasteiger charge is 2.26. The molecule has 0 unspecified atom stereocenters. The molecule has 1 N–H and O–H groups in total. The van der Waals surface area contributed by atoms with Crippen LogP contribution in [-0.4, -0.2) is 23.5 Å². The topological polar surface area (TPSA) is 39.1 Å². The van der Waals surface area contributed by atoms with Gasteiger partial charge in [-0.25, -0.2) is 22.0 Å². The van der Waals surface area contributed by atoms with Crippen LogP contribution in [0.2, 0.25) is 0 Å². The fourth-order valence-corrected chi connectivity index (χ4v) is 1.59. The maximum atomic E-state index is 13.5. The van der Waals surface area contributed by atoms with Gasteiger partial charge in [0.25, 0.3) is 0 Å². The van der Waals surface area contributed by atoms with Crippen molar-refractivity contribution in [2.45, 2.75) is 6.54 Å². The molecule has 2 rings (SSSR count). The molecular weight excluding hydrogens is 297 g/mol. The summed E-state index contributed by atoms with van der Waals surface area (Å²) >= 11 is 0. The molecule has 0 aliphatic carbocycles. The molecule has 1 heterocycles. The molecule has 0 fully saturated rings. The third-order valence-corrected chi connectivity index (χ3v) is 2.64. The molecule has 0 amide bonds. The first-order valence-electron chi connectivity index (χ1n) is 5.75. The third-order valence-electron chi connectivity index (χ3n) is 2.64. The fourth-order valence-electron chi connectivity index (χ4n) is 1.59. The zero-order valence-corrected chi connectivity index (χ0v) is 10.8. The number of aromatic nitrogens is 2. The highest BCUT2D eigenvalue weighted by molar-refractivity contribution is 5.59. The van der Waals surface area contributed by atoms with Gasteiger partial charge in [-0.2, -0.15) is 5.10 Å². The number of methoxy groups -OCH3 is 1. The van der Waals surface area contributed by atoms with Crippen LogP contribution in [0.3, 0.4) is 0 Å².